The standard InChI is InChI=1S/C14H20N2O2/c1-11-3-2-4-13(9-11)15-10-14(17)16-12-5-7-18-8-6-12/h2-4,9,12,15H,5-8,10H2,1H3,(H,16,17). The highest BCUT2D eigenvalue weighted by molar-refractivity contribution is 5.81. The van der Waals surface area contributed by atoms with E-state index in [2.05, 4.69) is 10.6 Å². The molecule has 2 N–H and O–H groups in total. The van der Waals surface area contributed by atoms with Crippen molar-refractivity contribution in [3.05, 3.63) is 29.8 Å². The van der Waals surface area contributed by atoms with Crippen LogP contribution in [0.1, 0.15) is 18.4 Å². The summed E-state index contributed by atoms with van der Waals surface area (Å²) in [6.07, 6.45) is 1.83. The van der Waals surface area contributed by atoms with E-state index in [1.54, 1.807) is 0 Å². The SMILES string of the molecule is Cc1cccc(NCC(=O)NC2CCOCC2)c1. The van der Waals surface area contributed by atoms with Gasteiger partial charge in [0, 0.05) is 24.9 Å². The Morgan fingerprint density at radius 3 is 2.89 bits per heavy atom. The van der Waals surface area contributed by atoms with Crippen LogP contribution in [-0.4, -0.2) is 31.7 Å². The molecule has 1 fully saturated rings. The molecule has 0 bridgehead atoms. The number of anilines is 1. The maximum Gasteiger partial charge on any atom is 0.239 e. The Balaban J connectivity index is 1.74. The summed E-state index contributed by atoms with van der Waals surface area (Å²) >= 11 is 0. The monoisotopic (exact) mass is 248 g/mol. The number of carbonyl (C=O) groups is 1. The van der Waals surface area contributed by atoms with Crippen molar-refractivity contribution in [3.8, 4) is 0 Å². The molecule has 0 unspecified atom stereocenters. The molecule has 1 aromatic rings. The fraction of sp³-hybridized carbons (Fsp3) is 0.500. The first kappa shape index (κ1) is 12.9. The Morgan fingerprint density at radius 2 is 2.17 bits per heavy atom. The van der Waals surface area contributed by atoms with Gasteiger partial charge >= 0.3 is 0 Å². The second-order valence-corrected chi connectivity index (χ2v) is 4.68. The predicted molar refractivity (Wildman–Crippen MR) is 71.7 cm³/mol. The van der Waals surface area contributed by atoms with E-state index in [-0.39, 0.29) is 11.9 Å². The molecule has 98 valence electrons. The van der Waals surface area contributed by atoms with Gasteiger partial charge in [-0.25, -0.2) is 0 Å². The zero-order valence-corrected chi connectivity index (χ0v) is 10.7. The van der Waals surface area contributed by atoms with Crippen molar-refractivity contribution in [1.29, 1.82) is 0 Å². The number of amides is 1. The molecule has 0 radical (unpaired) electrons. The van der Waals surface area contributed by atoms with Crippen molar-refractivity contribution >= 4 is 11.6 Å². The van der Waals surface area contributed by atoms with Gasteiger partial charge in [0.15, 0.2) is 0 Å². The van der Waals surface area contributed by atoms with Gasteiger partial charge in [-0.15, -0.1) is 0 Å². The highest BCUT2D eigenvalue weighted by atomic mass is 16.5. The zero-order chi connectivity index (χ0) is 12.8. The fourth-order valence-electron chi connectivity index (χ4n) is 2.06. The quantitative estimate of drug-likeness (QED) is 0.852. The van der Waals surface area contributed by atoms with Gasteiger partial charge in [0.05, 0.1) is 6.54 Å². The van der Waals surface area contributed by atoms with E-state index in [4.69, 9.17) is 4.74 Å². The van der Waals surface area contributed by atoms with Crippen LogP contribution in [0.2, 0.25) is 0 Å². The molecule has 0 aliphatic carbocycles. The Bertz CT molecular complexity index is 401. The van der Waals surface area contributed by atoms with E-state index in [0.29, 0.717) is 6.54 Å². The summed E-state index contributed by atoms with van der Waals surface area (Å²) in [4.78, 5) is 11.8. The molecule has 4 nitrogen and oxygen atoms in total. The molecule has 0 aromatic heterocycles. The third-order valence-electron chi connectivity index (χ3n) is 3.06. The average molecular weight is 248 g/mol. The summed E-state index contributed by atoms with van der Waals surface area (Å²) in [6, 6.07) is 8.28. The number of nitrogens with one attached hydrogen (secondary N) is 2. The summed E-state index contributed by atoms with van der Waals surface area (Å²) in [6.45, 7) is 3.85. The van der Waals surface area contributed by atoms with E-state index < -0.39 is 0 Å². The van der Waals surface area contributed by atoms with Gasteiger partial charge in [-0.1, -0.05) is 12.1 Å². The van der Waals surface area contributed by atoms with Gasteiger partial charge in [0.2, 0.25) is 5.91 Å². The van der Waals surface area contributed by atoms with Gasteiger partial charge < -0.3 is 15.4 Å². The lowest BCUT2D eigenvalue weighted by Crippen LogP contribution is -2.41. The highest BCUT2D eigenvalue weighted by Crippen LogP contribution is 2.09. The van der Waals surface area contributed by atoms with Crippen molar-refractivity contribution in [3.63, 3.8) is 0 Å². The minimum Gasteiger partial charge on any atom is -0.381 e. The number of hydrogen-bond acceptors (Lipinski definition) is 3. The van der Waals surface area contributed by atoms with Gasteiger partial charge in [0.1, 0.15) is 0 Å². The van der Waals surface area contributed by atoms with Gasteiger partial charge in [-0.05, 0) is 37.5 Å². The van der Waals surface area contributed by atoms with Gasteiger partial charge in [-0.3, -0.25) is 4.79 Å². The number of benzene rings is 1. The summed E-state index contributed by atoms with van der Waals surface area (Å²) in [5.41, 5.74) is 2.17. The topological polar surface area (TPSA) is 50.4 Å². The Labute approximate surface area is 108 Å². The molecule has 2 rings (SSSR count). The Kier molecular flexibility index (Phi) is 4.59. The van der Waals surface area contributed by atoms with Crippen LogP contribution in [0.5, 0.6) is 0 Å². The lowest BCUT2D eigenvalue weighted by atomic mass is 10.1. The molecular weight excluding hydrogens is 228 g/mol. The molecular formula is C14H20N2O2. The minimum absolute atomic E-state index is 0.0448. The maximum atomic E-state index is 11.8. The molecule has 0 spiro atoms. The van der Waals surface area contributed by atoms with Gasteiger partial charge in [0.25, 0.3) is 0 Å². The molecule has 1 saturated heterocycles. The average Bonchev–Trinajstić information content (AvgIpc) is 2.38. The maximum absolute atomic E-state index is 11.8. The highest BCUT2D eigenvalue weighted by Gasteiger charge is 2.15. The Hall–Kier alpha value is -1.55. The smallest absolute Gasteiger partial charge is 0.239 e. The molecule has 1 aliphatic heterocycles. The largest absolute Gasteiger partial charge is 0.381 e. The summed E-state index contributed by atoms with van der Waals surface area (Å²) < 4.78 is 5.26. The molecule has 0 atom stereocenters. The van der Waals surface area contributed by atoms with Crippen LogP contribution in [0.15, 0.2) is 24.3 Å². The molecule has 1 amide bonds. The molecule has 1 aliphatic rings. The van der Waals surface area contributed by atoms with Crippen molar-refractivity contribution in [1.82, 2.24) is 5.32 Å². The first-order valence-electron chi connectivity index (χ1n) is 6.42. The molecule has 18 heavy (non-hydrogen) atoms. The number of hydrogen-bond donors (Lipinski definition) is 2. The van der Waals surface area contributed by atoms with E-state index in [9.17, 15) is 4.79 Å². The summed E-state index contributed by atoms with van der Waals surface area (Å²) in [5.74, 6) is 0.0448. The van der Waals surface area contributed by atoms with E-state index in [0.717, 1.165) is 31.7 Å². The number of ether oxygens (including phenoxy) is 1. The van der Waals surface area contributed by atoms with Crippen LogP contribution in [-0.2, 0) is 9.53 Å². The third-order valence-corrected chi connectivity index (χ3v) is 3.06. The van der Waals surface area contributed by atoms with Crippen LogP contribution in [0.3, 0.4) is 0 Å². The van der Waals surface area contributed by atoms with Crippen LogP contribution < -0.4 is 10.6 Å². The van der Waals surface area contributed by atoms with Gasteiger partial charge in [-0.2, -0.15) is 0 Å². The first-order chi connectivity index (χ1) is 8.74. The predicted octanol–water partition coefficient (Wildman–Crippen LogP) is 1.70. The summed E-state index contributed by atoms with van der Waals surface area (Å²) in [7, 11) is 0. The van der Waals surface area contributed by atoms with E-state index in [1.165, 1.54) is 5.56 Å². The fourth-order valence-corrected chi connectivity index (χ4v) is 2.06. The van der Waals surface area contributed by atoms with Crippen molar-refractivity contribution in [2.24, 2.45) is 0 Å². The lowest BCUT2D eigenvalue weighted by molar-refractivity contribution is -0.120. The molecule has 4 heteroatoms. The van der Waals surface area contributed by atoms with Crippen LogP contribution >= 0.6 is 0 Å². The van der Waals surface area contributed by atoms with Crippen LogP contribution in [0.25, 0.3) is 0 Å². The van der Waals surface area contributed by atoms with Crippen molar-refractivity contribution in [2.45, 2.75) is 25.8 Å². The van der Waals surface area contributed by atoms with Crippen LogP contribution in [0.4, 0.5) is 5.69 Å². The second-order valence-electron chi connectivity index (χ2n) is 4.68. The van der Waals surface area contributed by atoms with Crippen LogP contribution in [0, 0.1) is 6.92 Å². The zero-order valence-electron chi connectivity index (χ0n) is 10.7. The lowest BCUT2D eigenvalue weighted by Gasteiger charge is -2.23. The number of rotatable bonds is 4. The second kappa shape index (κ2) is 6.40. The van der Waals surface area contributed by atoms with E-state index in [1.807, 2.05) is 31.2 Å². The normalized spacial score (nSPS) is 16.3. The Morgan fingerprint density at radius 1 is 1.39 bits per heavy atom. The minimum atomic E-state index is 0.0448. The third kappa shape index (κ3) is 4.04. The molecule has 1 aromatic carbocycles. The molecule has 0 saturated carbocycles. The first-order valence-corrected chi connectivity index (χ1v) is 6.42. The van der Waals surface area contributed by atoms with Crippen molar-refractivity contribution in [2.75, 3.05) is 25.1 Å². The van der Waals surface area contributed by atoms with E-state index >= 15 is 0 Å². The summed E-state index contributed by atoms with van der Waals surface area (Å²) in [5, 5.41) is 6.15. The number of aryl methyl sites for hydroxylation is 1. The van der Waals surface area contributed by atoms with Crippen molar-refractivity contribution < 1.29 is 9.53 Å². The molecule has 1 heterocycles. The number of carbonyl (C=O) groups excluding carboxylic acids is 1.